The molecule has 25 heavy (non-hydrogen) atoms. The van der Waals surface area contributed by atoms with E-state index in [-0.39, 0.29) is 16.5 Å². The number of nitrogens with one attached hydrogen (secondary N) is 1. The summed E-state index contributed by atoms with van der Waals surface area (Å²) >= 11 is 5.99. The fourth-order valence-electron chi connectivity index (χ4n) is 2.77. The highest BCUT2D eigenvalue weighted by molar-refractivity contribution is 6.33. The summed E-state index contributed by atoms with van der Waals surface area (Å²) in [7, 11) is 3.21. The van der Waals surface area contributed by atoms with Crippen molar-refractivity contribution < 1.29 is 14.3 Å². The molecule has 9 heteroatoms. The number of anilines is 2. The first kappa shape index (κ1) is 17.1. The van der Waals surface area contributed by atoms with E-state index in [0.717, 1.165) is 0 Å². The number of methoxy groups -OCH3 is 1. The molecule has 0 bridgehead atoms. The van der Waals surface area contributed by atoms with Gasteiger partial charge in [-0.25, -0.2) is 0 Å². The lowest BCUT2D eigenvalue weighted by Crippen LogP contribution is -2.41. The van der Waals surface area contributed by atoms with E-state index in [4.69, 9.17) is 22.1 Å². The van der Waals surface area contributed by atoms with Gasteiger partial charge in [-0.3, -0.25) is 14.3 Å². The van der Waals surface area contributed by atoms with Crippen LogP contribution in [-0.4, -0.2) is 41.3 Å². The summed E-state index contributed by atoms with van der Waals surface area (Å²) < 4.78 is 6.80. The van der Waals surface area contributed by atoms with Crippen LogP contribution in [0.15, 0.2) is 24.5 Å². The van der Waals surface area contributed by atoms with Gasteiger partial charge in [0.2, 0.25) is 5.91 Å². The molecule has 1 aliphatic rings. The maximum Gasteiger partial charge on any atom is 0.255 e. The van der Waals surface area contributed by atoms with Gasteiger partial charge in [0, 0.05) is 25.9 Å². The van der Waals surface area contributed by atoms with Crippen molar-refractivity contribution in [1.29, 1.82) is 0 Å². The van der Waals surface area contributed by atoms with Crippen LogP contribution >= 0.6 is 11.6 Å². The van der Waals surface area contributed by atoms with Crippen LogP contribution in [0.5, 0.6) is 5.75 Å². The smallest absolute Gasteiger partial charge is 0.255 e. The highest BCUT2D eigenvalue weighted by atomic mass is 35.5. The van der Waals surface area contributed by atoms with Crippen molar-refractivity contribution in [2.24, 2.45) is 7.05 Å². The first-order valence-corrected chi connectivity index (χ1v) is 8.02. The summed E-state index contributed by atoms with van der Waals surface area (Å²) in [6.07, 6.45) is 3.88. The third-order valence-corrected chi connectivity index (χ3v) is 4.40. The standard InChI is InChI=1S/C16H18ClN5O3/c1-21-8-9(7-19-21)22-4-3-13(16(22)24)20-15(23)10-5-11(17)12(18)6-14(10)25-2/h5-8,13H,3-4,18H2,1-2H3,(H,20,23). The molecule has 0 radical (unpaired) electrons. The predicted octanol–water partition coefficient (Wildman–Crippen LogP) is 1.20. The fraction of sp³-hybridized carbons (Fsp3) is 0.312. The van der Waals surface area contributed by atoms with Crippen molar-refractivity contribution in [3.05, 3.63) is 35.1 Å². The number of carbonyl (C=O) groups is 2. The van der Waals surface area contributed by atoms with E-state index in [9.17, 15) is 9.59 Å². The lowest BCUT2D eigenvalue weighted by molar-refractivity contribution is -0.118. The van der Waals surface area contributed by atoms with Crippen molar-refractivity contribution in [3.63, 3.8) is 0 Å². The lowest BCUT2D eigenvalue weighted by Gasteiger charge is -2.16. The minimum Gasteiger partial charge on any atom is -0.496 e. The van der Waals surface area contributed by atoms with Crippen molar-refractivity contribution in [3.8, 4) is 5.75 Å². The molecule has 3 rings (SSSR count). The Morgan fingerprint density at radius 3 is 2.88 bits per heavy atom. The van der Waals surface area contributed by atoms with E-state index in [0.29, 0.717) is 30.1 Å². The molecule has 0 spiro atoms. The monoisotopic (exact) mass is 363 g/mol. The first-order valence-electron chi connectivity index (χ1n) is 7.64. The summed E-state index contributed by atoms with van der Waals surface area (Å²) in [5.41, 5.74) is 6.97. The zero-order chi connectivity index (χ0) is 18.1. The number of nitrogen functional groups attached to an aromatic ring is 1. The number of aryl methyl sites for hydroxylation is 1. The SMILES string of the molecule is COc1cc(N)c(Cl)cc1C(=O)NC1CCN(c2cnn(C)c2)C1=O. The highest BCUT2D eigenvalue weighted by Gasteiger charge is 2.34. The van der Waals surface area contributed by atoms with Crippen LogP contribution in [0.1, 0.15) is 16.8 Å². The van der Waals surface area contributed by atoms with Gasteiger partial charge in [0.25, 0.3) is 5.91 Å². The number of aromatic nitrogens is 2. The largest absolute Gasteiger partial charge is 0.496 e. The van der Waals surface area contributed by atoms with Crippen LogP contribution in [-0.2, 0) is 11.8 Å². The van der Waals surface area contributed by atoms with E-state index >= 15 is 0 Å². The van der Waals surface area contributed by atoms with Gasteiger partial charge in [-0.1, -0.05) is 11.6 Å². The molecule has 1 atom stereocenters. The predicted molar refractivity (Wildman–Crippen MR) is 93.8 cm³/mol. The average Bonchev–Trinajstić information content (AvgIpc) is 3.16. The molecule has 1 unspecified atom stereocenters. The first-order chi connectivity index (χ1) is 11.9. The highest BCUT2D eigenvalue weighted by Crippen LogP contribution is 2.29. The summed E-state index contributed by atoms with van der Waals surface area (Å²) in [6.45, 7) is 0.509. The van der Waals surface area contributed by atoms with Gasteiger partial charge in [-0.2, -0.15) is 5.10 Å². The maximum absolute atomic E-state index is 12.6. The molecule has 1 saturated heterocycles. The number of carbonyl (C=O) groups excluding carboxylic acids is 2. The maximum atomic E-state index is 12.6. The van der Waals surface area contributed by atoms with Crippen LogP contribution in [0.4, 0.5) is 11.4 Å². The molecule has 2 amide bonds. The molecule has 2 aromatic rings. The Hall–Kier alpha value is -2.74. The second-order valence-electron chi connectivity index (χ2n) is 5.75. The Bertz CT molecular complexity index is 835. The zero-order valence-corrected chi connectivity index (χ0v) is 14.6. The lowest BCUT2D eigenvalue weighted by atomic mass is 10.1. The third-order valence-electron chi connectivity index (χ3n) is 4.08. The number of nitrogens with two attached hydrogens (primary N) is 1. The molecule has 3 N–H and O–H groups in total. The van der Waals surface area contributed by atoms with Crippen LogP contribution in [0.2, 0.25) is 5.02 Å². The molecule has 8 nitrogen and oxygen atoms in total. The summed E-state index contributed by atoms with van der Waals surface area (Å²) in [5, 5.41) is 7.05. The van der Waals surface area contributed by atoms with Gasteiger partial charge >= 0.3 is 0 Å². The van der Waals surface area contributed by atoms with Crippen LogP contribution in [0.3, 0.4) is 0 Å². The fourth-order valence-corrected chi connectivity index (χ4v) is 2.93. The van der Waals surface area contributed by atoms with Crippen LogP contribution in [0.25, 0.3) is 0 Å². The number of ether oxygens (including phenoxy) is 1. The minimum absolute atomic E-state index is 0.179. The van der Waals surface area contributed by atoms with E-state index in [1.54, 1.807) is 29.0 Å². The summed E-state index contributed by atoms with van der Waals surface area (Å²) in [5.74, 6) is -0.319. The van der Waals surface area contributed by atoms with E-state index in [2.05, 4.69) is 10.4 Å². The number of halogens is 1. The third kappa shape index (κ3) is 3.25. The number of benzene rings is 1. The van der Waals surface area contributed by atoms with Gasteiger partial charge in [0.15, 0.2) is 0 Å². The normalized spacial score (nSPS) is 17.0. The second-order valence-corrected chi connectivity index (χ2v) is 6.16. The van der Waals surface area contributed by atoms with E-state index in [1.807, 2.05) is 0 Å². The molecule has 2 heterocycles. The topological polar surface area (TPSA) is 102 Å². The average molecular weight is 364 g/mol. The van der Waals surface area contributed by atoms with Crippen molar-refractivity contribution in [1.82, 2.24) is 15.1 Å². The van der Waals surface area contributed by atoms with Crippen molar-refractivity contribution in [2.45, 2.75) is 12.5 Å². The molecular weight excluding hydrogens is 346 g/mol. The molecule has 132 valence electrons. The van der Waals surface area contributed by atoms with Gasteiger partial charge in [0.05, 0.1) is 35.3 Å². The van der Waals surface area contributed by atoms with Gasteiger partial charge < -0.3 is 20.7 Å². The zero-order valence-electron chi connectivity index (χ0n) is 13.8. The Morgan fingerprint density at radius 2 is 2.24 bits per heavy atom. The second kappa shape index (κ2) is 6.64. The molecular formula is C16H18ClN5O3. The Kier molecular flexibility index (Phi) is 4.54. The molecule has 1 aromatic heterocycles. The molecule has 1 fully saturated rings. The Balaban J connectivity index is 1.76. The summed E-state index contributed by atoms with van der Waals surface area (Å²) in [6, 6.07) is 2.30. The number of hydrogen-bond donors (Lipinski definition) is 2. The van der Waals surface area contributed by atoms with Gasteiger partial charge in [-0.05, 0) is 12.5 Å². The molecule has 0 saturated carbocycles. The summed E-state index contributed by atoms with van der Waals surface area (Å²) in [4.78, 5) is 26.7. The molecule has 0 aliphatic carbocycles. The molecule has 1 aliphatic heterocycles. The van der Waals surface area contributed by atoms with Crippen LogP contribution < -0.4 is 20.7 Å². The van der Waals surface area contributed by atoms with Crippen molar-refractivity contribution in [2.75, 3.05) is 24.3 Å². The number of rotatable bonds is 4. The quantitative estimate of drug-likeness (QED) is 0.794. The Morgan fingerprint density at radius 1 is 1.48 bits per heavy atom. The van der Waals surface area contributed by atoms with Gasteiger partial charge in [0.1, 0.15) is 11.8 Å². The number of amides is 2. The number of nitrogens with zero attached hydrogens (tertiary/aromatic N) is 3. The number of hydrogen-bond acceptors (Lipinski definition) is 5. The van der Waals surface area contributed by atoms with E-state index < -0.39 is 11.9 Å². The minimum atomic E-state index is -0.617. The van der Waals surface area contributed by atoms with Crippen molar-refractivity contribution >= 4 is 34.8 Å². The Labute approximate surface area is 149 Å². The van der Waals surface area contributed by atoms with Crippen LogP contribution in [0, 0.1) is 0 Å². The molecule has 1 aromatic carbocycles. The van der Waals surface area contributed by atoms with Gasteiger partial charge in [-0.15, -0.1) is 0 Å². The van der Waals surface area contributed by atoms with E-state index in [1.165, 1.54) is 19.2 Å².